The minimum Gasteiger partial charge on any atom is -0.456 e. The smallest absolute Gasteiger partial charge is 0.135 e. The van der Waals surface area contributed by atoms with Gasteiger partial charge in [-0.25, -0.2) is 0 Å². The molecular formula is C58H38N2O. The summed E-state index contributed by atoms with van der Waals surface area (Å²) in [6, 6.07) is 83.0. The van der Waals surface area contributed by atoms with Crippen LogP contribution < -0.4 is 4.90 Å². The number of furan rings is 1. The molecule has 0 amide bonds. The number of anilines is 3. The largest absolute Gasteiger partial charge is 0.456 e. The van der Waals surface area contributed by atoms with Crippen molar-refractivity contribution in [2.24, 2.45) is 0 Å². The molecule has 0 saturated heterocycles. The molecule has 10 aromatic carbocycles. The molecule has 0 radical (unpaired) electrons. The molecule has 0 N–H and O–H groups in total. The van der Waals surface area contributed by atoms with Crippen LogP contribution in [0.25, 0.3) is 93.6 Å². The van der Waals surface area contributed by atoms with Gasteiger partial charge in [-0.2, -0.15) is 0 Å². The Bertz CT molecular complexity index is 3530. The van der Waals surface area contributed by atoms with Crippen LogP contribution in [-0.4, -0.2) is 4.57 Å². The molecule has 3 nitrogen and oxygen atoms in total. The molecule has 12 rings (SSSR count). The van der Waals surface area contributed by atoms with Gasteiger partial charge in [-0.3, -0.25) is 0 Å². The van der Waals surface area contributed by atoms with E-state index in [1.807, 2.05) is 12.1 Å². The van der Waals surface area contributed by atoms with E-state index in [2.05, 4.69) is 228 Å². The minimum absolute atomic E-state index is 0.879. The first-order chi connectivity index (χ1) is 30.3. The van der Waals surface area contributed by atoms with Gasteiger partial charge in [-0.1, -0.05) is 164 Å². The average Bonchev–Trinajstić information content (AvgIpc) is 3.87. The summed E-state index contributed by atoms with van der Waals surface area (Å²) in [5, 5.41) is 7.20. The van der Waals surface area contributed by atoms with Crippen molar-refractivity contribution in [3.05, 3.63) is 231 Å². The number of rotatable bonds is 7. The summed E-state index contributed by atoms with van der Waals surface area (Å²) in [5.41, 5.74) is 15.6. The van der Waals surface area contributed by atoms with Gasteiger partial charge in [0, 0.05) is 44.2 Å². The topological polar surface area (TPSA) is 21.3 Å². The molecule has 2 aromatic heterocycles. The zero-order valence-electron chi connectivity index (χ0n) is 33.2. The lowest BCUT2D eigenvalue weighted by Gasteiger charge is -2.26. The Balaban J connectivity index is 0.975. The first kappa shape index (κ1) is 34.9. The Morgan fingerprint density at radius 2 is 0.803 bits per heavy atom. The highest BCUT2D eigenvalue weighted by atomic mass is 16.3. The number of fused-ring (bicyclic) bond motifs is 7. The molecule has 286 valence electrons. The second kappa shape index (κ2) is 14.3. The van der Waals surface area contributed by atoms with Gasteiger partial charge < -0.3 is 13.9 Å². The van der Waals surface area contributed by atoms with Crippen molar-refractivity contribution in [2.75, 3.05) is 4.90 Å². The second-order valence-corrected chi connectivity index (χ2v) is 15.7. The van der Waals surface area contributed by atoms with Crippen LogP contribution in [0.3, 0.4) is 0 Å². The molecule has 0 spiro atoms. The molecule has 0 aliphatic carbocycles. The Kier molecular flexibility index (Phi) is 8.17. The fourth-order valence-electron chi connectivity index (χ4n) is 9.41. The Labute approximate surface area is 353 Å². The maximum atomic E-state index is 6.26. The molecular weight excluding hydrogens is 741 g/mol. The lowest BCUT2D eigenvalue weighted by molar-refractivity contribution is 0.669. The number of aromatic nitrogens is 1. The maximum absolute atomic E-state index is 6.26. The third-order valence-corrected chi connectivity index (χ3v) is 12.2. The van der Waals surface area contributed by atoms with E-state index in [1.165, 1.54) is 60.4 Å². The van der Waals surface area contributed by atoms with Gasteiger partial charge >= 0.3 is 0 Å². The average molecular weight is 779 g/mol. The fraction of sp³-hybridized carbons (Fsp3) is 0. The summed E-state index contributed by atoms with van der Waals surface area (Å²) >= 11 is 0. The van der Waals surface area contributed by atoms with Crippen LogP contribution in [0.4, 0.5) is 17.1 Å². The van der Waals surface area contributed by atoms with Crippen LogP contribution in [0.5, 0.6) is 0 Å². The van der Waals surface area contributed by atoms with Gasteiger partial charge in [0.25, 0.3) is 0 Å². The van der Waals surface area contributed by atoms with Crippen molar-refractivity contribution in [3.63, 3.8) is 0 Å². The van der Waals surface area contributed by atoms with Crippen LogP contribution in [0.1, 0.15) is 0 Å². The van der Waals surface area contributed by atoms with Crippen LogP contribution in [0, 0.1) is 0 Å². The third kappa shape index (κ3) is 5.82. The fourth-order valence-corrected chi connectivity index (χ4v) is 9.41. The highest BCUT2D eigenvalue weighted by Gasteiger charge is 2.19. The molecule has 0 saturated carbocycles. The predicted octanol–water partition coefficient (Wildman–Crippen LogP) is 16.3. The van der Waals surface area contributed by atoms with Crippen LogP contribution >= 0.6 is 0 Å². The lowest BCUT2D eigenvalue weighted by atomic mass is 9.93. The monoisotopic (exact) mass is 778 g/mol. The maximum Gasteiger partial charge on any atom is 0.135 e. The number of hydrogen-bond donors (Lipinski definition) is 0. The van der Waals surface area contributed by atoms with E-state index >= 15 is 0 Å². The zero-order valence-corrected chi connectivity index (χ0v) is 33.2. The Hall–Kier alpha value is -8.14. The molecule has 0 atom stereocenters. The van der Waals surface area contributed by atoms with E-state index in [-0.39, 0.29) is 0 Å². The molecule has 61 heavy (non-hydrogen) atoms. The number of nitrogens with zero attached hydrogens (tertiary/aromatic N) is 2. The van der Waals surface area contributed by atoms with Crippen molar-refractivity contribution in [3.8, 4) is 39.1 Å². The van der Waals surface area contributed by atoms with Gasteiger partial charge in [0.05, 0.1) is 16.7 Å². The van der Waals surface area contributed by atoms with Gasteiger partial charge in [0.2, 0.25) is 0 Å². The highest BCUT2D eigenvalue weighted by molar-refractivity contribution is 6.10. The summed E-state index contributed by atoms with van der Waals surface area (Å²) in [5.74, 6) is 0. The summed E-state index contributed by atoms with van der Waals surface area (Å²) in [4.78, 5) is 2.35. The predicted molar refractivity (Wildman–Crippen MR) is 257 cm³/mol. The molecule has 3 heteroatoms. The minimum atomic E-state index is 0.879. The molecule has 12 aromatic rings. The van der Waals surface area contributed by atoms with Gasteiger partial charge in [0.15, 0.2) is 0 Å². The zero-order chi connectivity index (χ0) is 40.3. The van der Waals surface area contributed by atoms with E-state index in [4.69, 9.17) is 4.42 Å². The third-order valence-electron chi connectivity index (χ3n) is 12.2. The van der Waals surface area contributed by atoms with E-state index in [0.29, 0.717) is 0 Å². The lowest BCUT2D eigenvalue weighted by Crippen LogP contribution is -2.09. The first-order valence-electron chi connectivity index (χ1n) is 20.8. The van der Waals surface area contributed by atoms with E-state index in [0.717, 1.165) is 50.3 Å². The molecule has 0 bridgehead atoms. The number of para-hydroxylation sites is 4. The summed E-state index contributed by atoms with van der Waals surface area (Å²) in [7, 11) is 0. The van der Waals surface area contributed by atoms with E-state index in [1.54, 1.807) is 0 Å². The standard InChI is InChI=1S/C58H38N2O/c1-2-16-45-39(14-1)15-13-23-46(45)40-28-32-42(33-29-40)59(44-36-37-58-53(38-44)52-22-8-12-27-57(52)61-58)43-34-30-41(31-35-43)47-17-3-4-18-48(47)49-19-5-9-24-54(49)60-55-25-10-6-20-50(55)51-21-7-11-26-56(51)60/h1-38H. The van der Waals surface area contributed by atoms with Crippen molar-refractivity contribution in [1.29, 1.82) is 0 Å². The first-order valence-corrected chi connectivity index (χ1v) is 20.8. The Morgan fingerprint density at radius 3 is 1.52 bits per heavy atom. The normalized spacial score (nSPS) is 11.6. The number of benzene rings is 10. The van der Waals surface area contributed by atoms with Crippen molar-refractivity contribution in [1.82, 2.24) is 4.57 Å². The summed E-state index contributed by atoms with van der Waals surface area (Å²) < 4.78 is 8.68. The highest BCUT2D eigenvalue weighted by Crippen LogP contribution is 2.43. The van der Waals surface area contributed by atoms with E-state index < -0.39 is 0 Å². The van der Waals surface area contributed by atoms with Crippen LogP contribution in [-0.2, 0) is 0 Å². The second-order valence-electron chi connectivity index (χ2n) is 15.7. The quantitative estimate of drug-likeness (QED) is 0.161. The van der Waals surface area contributed by atoms with Crippen LogP contribution in [0.2, 0.25) is 0 Å². The van der Waals surface area contributed by atoms with Gasteiger partial charge in [0.1, 0.15) is 11.2 Å². The van der Waals surface area contributed by atoms with Gasteiger partial charge in [-0.05, 0) is 105 Å². The molecule has 0 aliphatic rings. The van der Waals surface area contributed by atoms with E-state index in [9.17, 15) is 0 Å². The summed E-state index contributed by atoms with van der Waals surface area (Å²) in [6.45, 7) is 0. The van der Waals surface area contributed by atoms with Gasteiger partial charge in [-0.15, -0.1) is 0 Å². The van der Waals surface area contributed by atoms with Crippen LogP contribution in [0.15, 0.2) is 235 Å². The molecule has 0 fully saturated rings. The van der Waals surface area contributed by atoms with Crippen molar-refractivity contribution in [2.45, 2.75) is 0 Å². The number of hydrogen-bond acceptors (Lipinski definition) is 2. The molecule has 0 aliphatic heterocycles. The summed E-state index contributed by atoms with van der Waals surface area (Å²) in [6.07, 6.45) is 0. The molecule has 2 heterocycles. The molecule has 0 unspecified atom stereocenters. The Morgan fingerprint density at radius 1 is 0.311 bits per heavy atom. The van der Waals surface area contributed by atoms with Crippen molar-refractivity contribution >= 4 is 71.6 Å². The SMILES string of the molecule is c1ccc(-c2ccccc2-n2c3ccccc3c3ccccc32)c(-c2ccc(N(c3ccc(-c4cccc5ccccc45)cc3)c3ccc4oc5ccccc5c4c3)cc2)c1. The van der Waals surface area contributed by atoms with Crippen molar-refractivity contribution < 1.29 is 4.42 Å².